The first-order valence-electron chi connectivity index (χ1n) is 6.09. The summed E-state index contributed by atoms with van der Waals surface area (Å²) in [4.78, 5) is 15.8. The van der Waals surface area contributed by atoms with Crippen molar-refractivity contribution in [2.75, 3.05) is 6.61 Å². The van der Waals surface area contributed by atoms with E-state index in [9.17, 15) is 9.18 Å². The summed E-state index contributed by atoms with van der Waals surface area (Å²) >= 11 is 1.36. The van der Waals surface area contributed by atoms with Crippen molar-refractivity contribution in [1.29, 1.82) is 0 Å². The van der Waals surface area contributed by atoms with E-state index in [-0.39, 0.29) is 11.9 Å². The van der Waals surface area contributed by atoms with Gasteiger partial charge in [0, 0.05) is 0 Å². The Hall–Kier alpha value is -1.69. The number of nitrogens with one attached hydrogen (secondary N) is 1. The molecule has 0 aliphatic carbocycles. The quantitative estimate of drug-likeness (QED) is 0.931. The maximum absolute atomic E-state index is 13.1. The number of nitrogens with zero attached hydrogens (tertiary/aromatic N) is 1. The number of thiazole rings is 1. The van der Waals surface area contributed by atoms with Crippen LogP contribution in [0.4, 0.5) is 9.18 Å². The number of benzene rings is 1. The van der Waals surface area contributed by atoms with Crippen LogP contribution in [0.15, 0.2) is 18.2 Å². The van der Waals surface area contributed by atoms with Crippen LogP contribution in [0.2, 0.25) is 0 Å². The number of aromatic nitrogens is 1. The van der Waals surface area contributed by atoms with E-state index in [1.807, 2.05) is 13.8 Å². The second kappa shape index (κ2) is 5.97. The minimum atomic E-state index is -0.459. The lowest BCUT2D eigenvalue weighted by Crippen LogP contribution is -2.27. The third-order valence-electron chi connectivity index (χ3n) is 2.51. The monoisotopic (exact) mass is 282 g/mol. The topological polar surface area (TPSA) is 51.2 Å². The number of amides is 1. The standard InChI is InChI=1S/C13H15FN2O2S/c1-3-6-18-13(17)15-8(2)12-16-10-5-4-9(14)7-11(10)19-12/h4-5,7-8H,3,6H2,1-2H3,(H,15,17)/t8-/m1/s1. The highest BCUT2D eigenvalue weighted by molar-refractivity contribution is 7.18. The summed E-state index contributed by atoms with van der Waals surface area (Å²) in [5.74, 6) is -0.286. The maximum atomic E-state index is 13.1. The summed E-state index contributed by atoms with van der Waals surface area (Å²) in [7, 11) is 0. The molecule has 1 aromatic heterocycles. The predicted molar refractivity (Wildman–Crippen MR) is 72.8 cm³/mol. The molecular weight excluding hydrogens is 267 g/mol. The van der Waals surface area contributed by atoms with Gasteiger partial charge in [-0.05, 0) is 31.5 Å². The van der Waals surface area contributed by atoms with Crippen molar-refractivity contribution in [3.05, 3.63) is 29.0 Å². The van der Waals surface area contributed by atoms with Crippen LogP contribution in [0.3, 0.4) is 0 Å². The molecule has 1 aromatic carbocycles. The molecule has 0 aliphatic heterocycles. The van der Waals surface area contributed by atoms with Gasteiger partial charge in [-0.1, -0.05) is 6.92 Å². The number of alkyl carbamates (subject to hydrolysis) is 1. The number of carbonyl (C=O) groups excluding carboxylic acids is 1. The molecule has 0 fully saturated rings. The highest BCUT2D eigenvalue weighted by Crippen LogP contribution is 2.26. The van der Waals surface area contributed by atoms with Crippen LogP contribution in [-0.2, 0) is 4.74 Å². The molecule has 1 amide bonds. The Labute approximate surface area is 114 Å². The van der Waals surface area contributed by atoms with Gasteiger partial charge in [0.15, 0.2) is 0 Å². The first-order chi connectivity index (χ1) is 9.10. The van der Waals surface area contributed by atoms with Crippen LogP contribution in [0.5, 0.6) is 0 Å². The van der Waals surface area contributed by atoms with Crippen LogP contribution in [0.25, 0.3) is 10.2 Å². The van der Waals surface area contributed by atoms with Crippen LogP contribution in [0.1, 0.15) is 31.3 Å². The molecule has 0 spiro atoms. The van der Waals surface area contributed by atoms with Crippen molar-refractivity contribution in [2.24, 2.45) is 0 Å². The Bertz CT molecular complexity index is 585. The number of halogens is 1. The van der Waals surface area contributed by atoms with E-state index in [1.165, 1.54) is 23.5 Å². The molecule has 0 unspecified atom stereocenters. The second-order valence-corrected chi connectivity index (χ2v) is 5.23. The summed E-state index contributed by atoms with van der Waals surface area (Å²) < 4.78 is 18.8. The molecule has 0 saturated heterocycles. The number of fused-ring (bicyclic) bond motifs is 1. The normalized spacial score (nSPS) is 12.4. The Morgan fingerprint density at radius 1 is 1.58 bits per heavy atom. The van der Waals surface area contributed by atoms with E-state index in [4.69, 9.17) is 4.74 Å². The minimum absolute atomic E-state index is 0.259. The average molecular weight is 282 g/mol. The van der Waals surface area contributed by atoms with Gasteiger partial charge in [0.05, 0.1) is 22.9 Å². The van der Waals surface area contributed by atoms with E-state index in [0.717, 1.165) is 21.6 Å². The number of carbonyl (C=O) groups is 1. The van der Waals surface area contributed by atoms with Crippen molar-refractivity contribution in [3.63, 3.8) is 0 Å². The molecule has 1 atom stereocenters. The zero-order valence-electron chi connectivity index (χ0n) is 10.8. The fourth-order valence-electron chi connectivity index (χ4n) is 1.58. The Morgan fingerprint density at radius 3 is 3.11 bits per heavy atom. The summed E-state index contributed by atoms with van der Waals surface area (Å²) in [6.45, 7) is 4.14. The SMILES string of the molecule is CCCOC(=O)N[C@H](C)c1nc2ccc(F)cc2s1. The van der Waals surface area contributed by atoms with Gasteiger partial charge in [-0.15, -0.1) is 11.3 Å². The first kappa shape index (κ1) is 13.7. The van der Waals surface area contributed by atoms with Crippen LogP contribution >= 0.6 is 11.3 Å². The highest BCUT2D eigenvalue weighted by Gasteiger charge is 2.14. The fraction of sp³-hybridized carbons (Fsp3) is 0.385. The highest BCUT2D eigenvalue weighted by atomic mass is 32.1. The van der Waals surface area contributed by atoms with Crippen molar-refractivity contribution in [3.8, 4) is 0 Å². The Balaban J connectivity index is 2.08. The first-order valence-corrected chi connectivity index (χ1v) is 6.91. The Kier molecular flexibility index (Phi) is 4.31. The summed E-state index contributed by atoms with van der Waals surface area (Å²) in [6, 6.07) is 4.19. The molecule has 0 radical (unpaired) electrons. The van der Waals surface area contributed by atoms with Gasteiger partial charge in [-0.25, -0.2) is 14.2 Å². The van der Waals surface area contributed by atoms with Crippen LogP contribution in [0, 0.1) is 5.82 Å². The number of hydrogen-bond acceptors (Lipinski definition) is 4. The number of hydrogen-bond donors (Lipinski definition) is 1. The van der Waals surface area contributed by atoms with Gasteiger partial charge in [-0.2, -0.15) is 0 Å². The van der Waals surface area contributed by atoms with Crippen molar-refractivity contribution < 1.29 is 13.9 Å². The largest absolute Gasteiger partial charge is 0.450 e. The maximum Gasteiger partial charge on any atom is 0.407 e. The molecule has 0 saturated carbocycles. The van der Waals surface area contributed by atoms with E-state index in [0.29, 0.717) is 6.61 Å². The lowest BCUT2D eigenvalue weighted by atomic mass is 10.3. The lowest BCUT2D eigenvalue weighted by Gasteiger charge is -2.10. The molecule has 19 heavy (non-hydrogen) atoms. The van der Waals surface area contributed by atoms with Crippen molar-refractivity contribution in [1.82, 2.24) is 10.3 Å². The Morgan fingerprint density at radius 2 is 2.37 bits per heavy atom. The lowest BCUT2D eigenvalue weighted by molar-refractivity contribution is 0.143. The van der Waals surface area contributed by atoms with E-state index >= 15 is 0 Å². The zero-order valence-corrected chi connectivity index (χ0v) is 11.6. The molecule has 6 heteroatoms. The molecule has 0 bridgehead atoms. The van der Waals surface area contributed by atoms with Gasteiger partial charge in [0.25, 0.3) is 0 Å². The molecule has 102 valence electrons. The zero-order chi connectivity index (χ0) is 13.8. The molecule has 2 rings (SSSR count). The van der Waals surface area contributed by atoms with Crippen molar-refractivity contribution in [2.45, 2.75) is 26.3 Å². The smallest absolute Gasteiger partial charge is 0.407 e. The molecule has 4 nitrogen and oxygen atoms in total. The molecular formula is C13H15FN2O2S. The van der Waals surface area contributed by atoms with Gasteiger partial charge in [-0.3, -0.25) is 0 Å². The van der Waals surface area contributed by atoms with Gasteiger partial charge in [0.1, 0.15) is 10.8 Å². The molecule has 1 N–H and O–H groups in total. The van der Waals surface area contributed by atoms with Crippen LogP contribution < -0.4 is 5.32 Å². The second-order valence-electron chi connectivity index (χ2n) is 4.17. The number of ether oxygens (including phenoxy) is 1. The number of rotatable bonds is 4. The van der Waals surface area contributed by atoms with Gasteiger partial charge >= 0.3 is 6.09 Å². The summed E-state index contributed by atoms with van der Waals surface area (Å²) in [5, 5.41) is 3.43. The van der Waals surface area contributed by atoms with E-state index < -0.39 is 6.09 Å². The molecule has 0 aliphatic rings. The third kappa shape index (κ3) is 3.41. The van der Waals surface area contributed by atoms with Crippen LogP contribution in [-0.4, -0.2) is 17.7 Å². The predicted octanol–water partition coefficient (Wildman–Crippen LogP) is 3.63. The van der Waals surface area contributed by atoms with Crippen molar-refractivity contribution >= 4 is 27.6 Å². The van der Waals surface area contributed by atoms with E-state index in [2.05, 4.69) is 10.3 Å². The molecule has 1 heterocycles. The van der Waals surface area contributed by atoms with Gasteiger partial charge < -0.3 is 10.1 Å². The third-order valence-corrected chi connectivity index (χ3v) is 3.71. The fourth-order valence-corrected chi connectivity index (χ4v) is 2.57. The molecule has 2 aromatic rings. The minimum Gasteiger partial charge on any atom is -0.450 e. The summed E-state index contributed by atoms with van der Waals surface area (Å²) in [6.07, 6.45) is 0.321. The van der Waals surface area contributed by atoms with Gasteiger partial charge in [0.2, 0.25) is 0 Å². The van der Waals surface area contributed by atoms with E-state index in [1.54, 1.807) is 6.07 Å². The summed E-state index contributed by atoms with van der Waals surface area (Å²) in [5.41, 5.74) is 0.733. The average Bonchev–Trinajstić information content (AvgIpc) is 2.79.